The second-order valence-electron chi connectivity index (χ2n) is 4.75. The molecule has 1 atom stereocenters. The van der Waals surface area contributed by atoms with Crippen molar-refractivity contribution in [3.05, 3.63) is 59.0 Å². The molecule has 0 aliphatic rings. The Morgan fingerprint density at radius 3 is 2.32 bits per heavy atom. The van der Waals surface area contributed by atoms with Crippen molar-refractivity contribution >= 4 is 0 Å². The molecule has 2 aromatic rings. The fraction of sp³-hybridized carbons (Fsp3) is 0.375. The van der Waals surface area contributed by atoms with E-state index in [9.17, 15) is 0 Å². The molecule has 2 rings (SSSR count). The van der Waals surface area contributed by atoms with Crippen molar-refractivity contribution in [2.75, 3.05) is 0 Å². The second-order valence-corrected chi connectivity index (χ2v) is 4.75. The first-order valence-corrected chi connectivity index (χ1v) is 6.88. The first-order chi connectivity index (χ1) is 9.28. The summed E-state index contributed by atoms with van der Waals surface area (Å²) in [6, 6.07) is 10.8. The van der Waals surface area contributed by atoms with Gasteiger partial charge in [0.05, 0.1) is 12.3 Å². The van der Waals surface area contributed by atoms with Gasteiger partial charge in [-0.1, -0.05) is 38.1 Å². The van der Waals surface area contributed by atoms with E-state index in [0.717, 1.165) is 30.6 Å². The predicted molar refractivity (Wildman–Crippen MR) is 77.7 cm³/mol. The van der Waals surface area contributed by atoms with Crippen LogP contribution in [0.4, 0.5) is 0 Å². The molecule has 0 saturated heterocycles. The third-order valence-electron chi connectivity index (χ3n) is 3.55. The average Bonchev–Trinajstić information content (AvgIpc) is 2.93. The topological polar surface area (TPSA) is 51.2 Å². The van der Waals surface area contributed by atoms with Crippen molar-refractivity contribution in [2.24, 2.45) is 5.84 Å². The minimum Gasteiger partial charge on any atom is -0.469 e. The van der Waals surface area contributed by atoms with E-state index in [1.807, 2.05) is 6.07 Å². The van der Waals surface area contributed by atoms with Gasteiger partial charge in [0, 0.05) is 12.0 Å². The average molecular weight is 258 g/mol. The van der Waals surface area contributed by atoms with Crippen LogP contribution in [0.3, 0.4) is 0 Å². The number of aryl methyl sites for hydroxylation is 2. The number of benzene rings is 1. The van der Waals surface area contributed by atoms with Crippen molar-refractivity contribution in [3.63, 3.8) is 0 Å². The third kappa shape index (κ3) is 3.25. The maximum Gasteiger partial charge on any atom is 0.108 e. The van der Waals surface area contributed by atoms with Gasteiger partial charge in [-0.2, -0.15) is 0 Å². The Bertz CT molecular complexity index is 502. The number of hydrazine groups is 1. The summed E-state index contributed by atoms with van der Waals surface area (Å²) in [6.07, 6.45) is 4.56. The summed E-state index contributed by atoms with van der Waals surface area (Å²) in [4.78, 5) is 0. The van der Waals surface area contributed by atoms with Crippen LogP contribution in [0, 0.1) is 0 Å². The summed E-state index contributed by atoms with van der Waals surface area (Å²) in [5.41, 5.74) is 6.69. The number of rotatable bonds is 6. The second kappa shape index (κ2) is 6.55. The Morgan fingerprint density at radius 2 is 1.74 bits per heavy atom. The van der Waals surface area contributed by atoms with Gasteiger partial charge in [0.15, 0.2) is 0 Å². The number of nitrogens with one attached hydrogen (secondary N) is 1. The lowest BCUT2D eigenvalue weighted by Crippen LogP contribution is -2.29. The van der Waals surface area contributed by atoms with Crippen LogP contribution in [0.15, 0.2) is 41.0 Å². The first-order valence-electron chi connectivity index (χ1n) is 6.88. The summed E-state index contributed by atoms with van der Waals surface area (Å²) in [7, 11) is 0. The lowest BCUT2D eigenvalue weighted by Gasteiger charge is -2.16. The SMILES string of the molecule is CCc1ccc(CC(NN)c2ccoc2CC)cc1. The first kappa shape index (κ1) is 13.8. The van der Waals surface area contributed by atoms with Crippen LogP contribution in [-0.4, -0.2) is 0 Å². The normalized spacial score (nSPS) is 12.6. The van der Waals surface area contributed by atoms with Crippen molar-refractivity contribution < 1.29 is 4.42 Å². The van der Waals surface area contributed by atoms with Crippen molar-refractivity contribution in [1.82, 2.24) is 5.43 Å². The van der Waals surface area contributed by atoms with Gasteiger partial charge in [-0.15, -0.1) is 0 Å². The van der Waals surface area contributed by atoms with Crippen LogP contribution in [0.1, 0.15) is 42.3 Å². The summed E-state index contributed by atoms with van der Waals surface area (Å²) < 4.78 is 5.48. The molecule has 0 radical (unpaired) electrons. The van der Waals surface area contributed by atoms with E-state index < -0.39 is 0 Å². The molecular weight excluding hydrogens is 236 g/mol. The fourth-order valence-corrected chi connectivity index (χ4v) is 2.35. The number of hydrogen-bond acceptors (Lipinski definition) is 3. The molecule has 0 aliphatic carbocycles. The molecule has 0 saturated carbocycles. The van der Waals surface area contributed by atoms with Gasteiger partial charge in [0.1, 0.15) is 5.76 Å². The molecule has 1 aromatic heterocycles. The lowest BCUT2D eigenvalue weighted by molar-refractivity contribution is 0.487. The lowest BCUT2D eigenvalue weighted by atomic mass is 9.98. The smallest absolute Gasteiger partial charge is 0.108 e. The van der Waals surface area contributed by atoms with Gasteiger partial charge in [-0.25, -0.2) is 0 Å². The summed E-state index contributed by atoms with van der Waals surface area (Å²) in [6.45, 7) is 4.25. The zero-order chi connectivity index (χ0) is 13.7. The molecule has 0 fully saturated rings. The Labute approximate surface area is 114 Å². The Kier molecular flexibility index (Phi) is 4.77. The largest absolute Gasteiger partial charge is 0.469 e. The van der Waals surface area contributed by atoms with E-state index in [-0.39, 0.29) is 6.04 Å². The van der Waals surface area contributed by atoms with Crippen molar-refractivity contribution in [3.8, 4) is 0 Å². The monoisotopic (exact) mass is 258 g/mol. The highest BCUT2D eigenvalue weighted by atomic mass is 16.3. The highest BCUT2D eigenvalue weighted by Crippen LogP contribution is 2.23. The highest BCUT2D eigenvalue weighted by Gasteiger charge is 2.16. The van der Waals surface area contributed by atoms with E-state index in [1.54, 1.807) is 6.26 Å². The van der Waals surface area contributed by atoms with Crippen LogP contribution in [0.25, 0.3) is 0 Å². The Balaban J connectivity index is 2.14. The van der Waals surface area contributed by atoms with Crippen LogP contribution in [0.5, 0.6) is 0 Å². The van der Waals surface area contributed by atoms with Crippen molar-refractivity contribution in [1.29, 1.82) is 0 Å². The number of furan rings is 1. The van der Waals surface area contributed by atoms with E-state index in [2.05, 4.69) is 43.5 Å². The van der Waals surface area contributed by atoms with Gasteiger partial charge in [-0.05, 0) is 30.0 Å². The van der Waals surface area contributed by atoms with Gasteiger partial charge in [0.25, 0.3) is 0 Å². The molecule has 0 spiro atoms. The summed E-state index contributed by atoms with van der Waals surface area (Å²) in [5.74, 6) is 6.71. The summed E-state index contributed by atoms with van der Waals surface area (Å²) in [5, 5.41) is 0. The maximum absolute atomic E-state index is 5.70. The van der Waals surface area contributed by atoms with Gasteiger partial charge in [0.2, 0.25) is 0 Å². The zero-order valence-corrected chi connectivity index (χ0v) is 11.6. The molecule has 0 amide bonds. The molecule has 1 unspecified atom stereocenters. The molecule has 3 N–H and O–H groups in total. The number of nitrogens with two attached hydrogens (primary N) is 1. The molecular formula is C16H22N2O. The molecule has 0 bridgehead atoms. The van der Waals surface area contributed by atoms with E-state index in [4.69, 9.17) is 10.3 Å². The van der Waals surface area contributed by atoms with Crippen LogP contribution in [0.2, 0.25) is 0 Å². The fourth-order valence-electron chi connectivity index (χ4n) is 2.35. The molecule has 1 heterocycles. The Morgan fingerprint density at radius 1 is 1.05 bits per heavy atom. The predicted octanol–water partition coefficient (Wildman–Crippen LogP) is 3.15. The maximum atomic E-state index is 5.70. The van der Waals surface area contributed by atoms with Crippen LogP contribution >= 0.6 is 0 Å². The van der Waals surface area contributed by atoms with E-state index in [1.165, 1.54) is 11.1 Å². The van der Waals surface area contributed by atoms with Crippen LogP contribution < -0.4 is 11.3 Å². The highest BCUT2D eigenvalue weighted by molar-refractivity contribution is 5.27. The van der Waals surface area contributed by atoms with Crippen molar-refractivity contribution in [2.45, 2.75) is 39.2 Å². The molecule has 0 aliphatic heterocycles. The summed E-state index contributed by atoms with van der Waals surface area (Å²) >= 11 is 0. The van der Waals surface area contributed by atoms with Gasteiger partial charge < -0.3 is 4.42 Å². The van der Waals surface area contributed by atoms with E-state index in [0.29, 0.717) is 0 Å². The van der Waals surface area contributed by atoms with Crippen LogP contribution in [-0.2, 0) is 19.3 Å². The molecule has 1 aromatic carbocycles. The standard InChI is InChI=1S/C16H22N2O/c1-3-12-5-7-13(8-6-12)11-15(18-17)14-9-10-19-16(14)4-2/h5-10,15,18H,3-4,11,17H2,1-2H3. The van der Waals surface area contributed by atoms with Gasteiger partial charge in [-0.3, -0.25) is 11.3 Å². The minimum absolute atomic E-state index is 0.0983. The molecule has 3 nitrogen and oxygen atoms in total. The molecule has 102 valence electrons. The number of hydrogen-bond donors (Lipinski definition) is 2. The van der Waals surface area contributed by atoms with E-state index >= 15 is 0 Å². The Hall–Kier alpha value is -1.58. The zero-order valence-electron chi connectivity index (χ0n) is 11.6. The minimum atomic E-state index is 0.0983. The molecule has 3 heteroatoms. The quantitative estimate of drug-likeness (QED) is 0.618. The van der Waals surface area contributed by atoms with Gasteiger partial charge >= 0.3 is 0 Å². The molecule has 19 heavy (non-hydrogen) atoms. The third-order valence-corrected chi connectivity index (χ3v) is 3.55.